The van der Waals surface area contributed by atoms with Gasteiger partial charge in [0, 0.05) is 28.7 Å². The van der Waals surface area contributed by atoms with Crippen LogP contribution < -0.4 is 10.2 Å². The Hall–Kier alpha value is -3.78. The van der Waals surface area contributed by atoms with Crippen molar-refractivity contribution in [1.29, 1.82) is 0 Å². The third-order valence-electron chi connectivity index (χ3n) is 5.04. The van der Waals surface area contributed by atoms with Crippen LogP contribution in [0.3, 0.4) is 0 Å². The number of rotatable bonds is 5. The van der Waals surface area contributed by atoms with Crippen molar-refractivity contribution >= 4 is 51.8 Å². The molecule has 1 aliphatic rings. The Kier molecular flexibility index (Phi) is 4.83. The normalized spacial score (nSPS) is 16.3. The highest BCUT2D eigenvalue weighted by Crippen LogP contribution is 2.35. The molecular formula is C23H17N3O4S. The van der Waals surface area contributed by atoms with Crippen LogP contribution >= 0.6 is 11.8 Å². The minimum absolute atomic E-state index is 0.142. The molecule has 1 atom stereocenters. The van der Waals surface area contributed by atoms with Crippen LogP contribution in [-0.4, -0.2) is 28.0 Å². The maximum Gasteiger partial charge on any atom is 0.291 e. The van der Waals surface area contributed by atoms with Crippen LogP contribution in [0.2, 0.25) is 0 Å². The number of thioether (sulfide) groups is 1. The first-order valence-corrected chi connectivity index (χ1v) is 10.5. The number of carbonyl (C=O) groups excluding carboxylic acids is 3. The number of H-pyrrole nitrogens is 1. The predicted octanol–water partition coefficient (Wildman–Crippen LogP) is 4.44. The molecule has 0 bridgehead atoms. The van der Waals surface area contributed by atoms with E-state index in [1.807, 2.05) is 36.5 Å². The van der Waals surface area contributed by atoms with Gasteiger partial charge in [-0.25, -0.2) is 4.90 Å². The van der Waals surface area contributed by atoms with Gasteiger partial charge in [0.05, 0.1) is 17.2 Å². The Morgan fingerprint density at radius 2 is 1.94 bits per heavy atom. The Balaban J connectivity index is 1.27. The summed E-state index contributed by atoms with van der Waals surface area (Å²) in [5.74, 6) is -0.547. The number of anilines is 2. The summed E-state index contributed by atoms with van der Waals surface area (Å²) in [4.78, 5) is 42.8. The Labute approximate surface area is 181 Å². The first-order chi connectivity index (χ1) is 15.1. The number of fused-ring (bicyclic) bond motifs is 1. The summed E-state index contributed by atoms with van der Waals surface area (Å²) in [5, 5.41) is 3.28. The fourth-order valence-electron chi connectivity index (χ4n) is 3.52. The summed E-state index contributed by atoms with van der Waals surface area (Å²) in [6.07, 6.45) is 3.40. The number of imide groups is 1. The number of nitrogens with one attached hydrogen (secondary N) is 2. The third-order valence-corrected chi connectivity index (χ3v) is 6.23. The zero-order valence-corrected chi connectivity index (χ0v) is 17.0. The summed E-state index contributed by atoms with van der Waals surface area (Å²) >= 11 is 1.34. The number of hydrogen-bond donors (Lipinski definition) is 2. The lowest BCUT2D eigenvalue weighted by Gasteiger charge is -2.15. The number of aromatic nitrogens is 1. The smallest absolute Gasteiger partial charge is 0.291 e. The zero-order chi connectivity index (χ0) is 21.4. The minimum Gasteiger partial charge on any atom is -0.459 e. The number of hydrogen-bond acceptors (Lipinski definition) is 5. The summed E-state index contributed by atoms with van der Waals surface area (Å²) < 4.78 is 5.08. The SMILES string of the molecule is O=C(Nc1ccc(SC2CC(=O)N(c3ccc4cc[nH]c4c3)C2=O)cc1)c1ccco1. The van der Waals surface area contributed by atoms with Crippen molar-refractivity contribution < 1.29 is 18.8 Å². The number of furan rings is 1. The topological polar surface area (TPSA) is 95.4 Å². The molecule has 3 heterocycles. The highest BCUT2D eigenvalue weighted by atomic mass is 32.2. The van der Waals surface area contributed by atoms with Gasteiger partial charge in [0.2, 0.25) is 11.8 Å². The molecule has 0 spiro atoms. The van der Waals surface area contributed by atoms with Crippen molar-refractivity contribution in [3.63, 3.8) is 0 Å². The fraction of sp³-hybridized carbons (Fsp3) is 0.0870. The van der Waals surface area contributed by atoms with Crippen molar-refractivity contribution in [2.24, 2.45) is 0 Å². The number of aromatic amines is 1. The van der Waals surface area contributed by atoms with Gasteiger partial charge in [0.1, 0.15) is 0 Å². The summed E-state index contributed by atoms with van der Waals surface area (Å²) in [6, 6.07) is 17.8. The molecule has 0 saturated carbocycles. The Bertz CT molecular complexity index is 1280. The molecule has 3 amide bonds. The van der Waals surface area contributed by atoms with Gasteiger partial charge in [-0.05, 0) is 60.0 Å². The van der Waals surface area contributed by atoms with Gasteiger partial charge >= 0.3 is 0 Å². The van der Waals surface area contributed by atoms with Crippen LogP contribution in [0.1, 0.15) is 17.0 Å². The molecule has 2 aromatic heterocycles. The molecule has 0 aliphatic carbocycles. The second kappa shape index (κ2) is 7.81. The molecule has 7 nitrogen and oxygen atoms in total. The van der Waals surface area contributed by atoms with E-state index in [-0.39, 0.29) is 29.9 Å². The number of nitrogens with zero attached hydrogens (tertiary/aromatic N) is 1. The largest absolute Gasteiger partial charge is 0.459 e. The first kappa shape index (κ1) is 19.2. The molecule has 154 valence electrons. The standard InChI is InChI=1S/C23H17N3O4S/c27-21-13-20(23(29)26(21)16-6-3-14-9-10-24-18(14)12-16)31-17-7-4-15(5-8-17)25-22(28)19-2-1-11-30-19/h1-12,20,24H,13H2,(H,25,28). The second-order valence-corrected chi connectivity index (χ2v) is 8.36. The van der Waals surface area contributed by atoms with Crippen molar-refractivity contribution in [3.05, 3.63) is 78.9 Å². The highest BCUT2D eigenvalue weighted by Gasteiger charge is 2.40. The third kappa shape index (κ3) is 3.73. The number of benzene rings is 2. The van der Waals surface area contributed by atoms with Crippen molar-refractivity contribution in [2.45, 2.75) is 16.6 Å². The molecule has 31 heavy (non-hydrogen) atoms. The Morgan fingerprint density at radius 3 is 2.71 bits per heavy atom. The Morgan fingerprint density at radius 1 is 1.10 bits per heavy atom. The van der Waals surface area contributed by atoms with Crippen LogP contribution in [0.15, 0.2) is 82.4 Å². The molecule has 0 radical (unpaired) electrons. The molecule has 4 aromatic rings. The van der Waals surface area contributed by atoms with E-state index in [9.17, 15) is 14.4 Å². The summed E-state index contributed by atoms with van der Waals surface area (Å²) in [6.45, 7) is 0. The average Bonchev–Trinajstić information content (AvgIpc) is 3.50. The van der Waals surface area contributed by atoms with E-state index in [4.69, 9.17) is 4.42 Å². The maximum atomic E-state index is 12.9. The lowest BCUT2D eigenvalue weighted by atomic mass is 10.2. The zero-order valence-electron chi connectivity index (χ0n) is 16.2. The van der Waals surface area contributed by atoms with Crippen molar-refractivity contribution in [3.8, 4) is 0 Å². The van der Waals surface area contributed by atoms with E-state index in [0.717, 1.165) is 15.8 Å². The molecular weight excluding hydrogens is 414 g/mol. The quantitative estimate of drug-likeness (QED) is 0.456. The van der Waals surface area contributed by atoms with Crippen LogP contribution in [0.4, 0.5) is 11.4 Å². The molecule has 8 heteroatoms. The molecule has 1 saturated heterocycles. The van der Waals surface area contributed by atoms with Crippen LogP contribution in [0.5, 0.6) is 0 Å². The maximum absolute atomic E-state index is 12.9. The van der Waals surface area contributed by atoms with E-state index >= 15 is 0 Å². The second-order valence-electron chi connectivity index (χ2n) is 7.08. The summed E-state index contributed by atoms with van der Waals surface area (Å²) in [7, 11) is 0. The van der Waals surface area contributed by atoms with Gasteiger partial charge in [0.25, 0.3) is 5.91 Å². The molecule has 1 fully saturated rings. The van der Waals surface area contributed by atoms with Gasteiger partial charge in [-0.2, -0.15) is 0 Å². The van der Waals surface area contributed by atoms with Crippen LogP contribution in [0, 0.1) is 0 Å². The summed E-state index contributed by atoms with van der Waals surface area (Å²) in [5.41, 5.74) is 2.06. The lowest BCUT2D eigenvalue weighted by Crippen LogP contribution is -2.31. The van der Waals surface area contributed by atoms with Crippen LogP contribution in [0.25, 0.3) is 10.9 Å². The number of carbonyl (C=O) groups is 3. The van der Waals surface area contributed by atoms with Gasteiger partial charge in [-0.3, -0.25) is 14.4 Å². The van der Waals surface area contributed by atoms with Gasteiger partial charge < -0.3 is 14.7 Å². The molecule has 1 unspecified atom stereocenters. The molecule has 2 aromatic carbocycles. The van der Waals surface area contributed by atoms with E-state index < -0.39 is 5.25 Å². The first-order valence-electron chi connectivity index (χ1n) is 9.64. The monoisotopic (exact) mass is 431 g/mol. The van der Waals surface area contributed by atoms with Crippen LogP contribution in [-0.2, 0) is 9.59 Å². The molecule has 5 rings (SSSR count). The highest BCUT2D eigenvalue weighted by molar-refractivity contribution is 8.00. The minimum atomic E-state index is -0.490. The van der Waals surface area contributed by atoms with Gasteiger partial charge in [-0.1, -0.05) is 6.07 Å². The lowest BCUT2D eigenvalue weighted by molar-refractivity contribution is -0.121. The average molecular weight is 431 g/mol. The van der Waals surface area contributed by atoms with E-state index in [1.54, 1.807) is 30.3 Å². The molecule has 1 aliphatic heterocycles. The van der Waals surface area contributed by atoms with Gasteiger partial charge in [-0.15, -0.1) is 11.8 Å². The van der Waals surface area contributed by atoms with E-state index in [0.29, 0.717) is 11.4 Å². The fourth-order valence-corrected chi connectivity index (χ4v) is 4.58. The number of amides is 3. The van der Waals surface area contributed by atoms with Crippen molar-refractivity contribution in [2.75, 3.05) is 10.2 Å². The van der Waals surface area contributed by atoms with Crippen molar-refractivity contribution in [1.82, 2.24) is 4.98 Å². The molecule has 2 N–H and O–H groups in total. The van der Waals surface area contributed by atoms with E-state index in [1.165, 1.54) is 22.9 Å². The van der Waals surface area contributed by atoms with E-state index in [2.05, 4.69) is 10.3 Å². The predicted molar refractivity (Wildman–Crippen MR) is 118 cm³/mol. The van der Waals surface area contributed by atoms with Gasteiger partial charge in [0.15, 0.2) is 5.76 Å².